The first-order valence-corrected chi connectivity index (χ1v) is 9.31. The second-order valence-electron chi connectivity index (χ2n) is 6.87. The summed E-state index contributed by atoms with van der Waals surface area (Å²) in [6.07, 6.45) is -0.0237. The summed E-state index contributed by atoms with van der Waals surface area (Å²) in [5.41, 5.74) is 3.43. The number of halogens is 3. The van der Waals surface area contributed by atoms with E-state index in [-0.39, 0.29) is 23.8 Å². The molecular formula is C21H22F3N3O3. The van der Waals surface area contributed by atoms with Gasteiger partial charge in [0.1, 0.15) is 5.65 Å². The molecule has 2 heterocycles. The smallest absolute Gasteiger partial charge is 0.422 e. The summed E-state index contributed by atoms with van der Waals surface area (Å²) in [5.74, 6) is 0.0434. The Morgan fingerprint density at radius 2 is 2.00 bits per heavy atom. The first-order chi connectivity index (χ1) is 14.2. The number of pyridine rings is 1. The van der Waals surface area contributed by atoms with Crippen molar-refractivity contribution in [1.82, 2.24) is 14.7 Å². The highest BCUT2D eigenvalue weighted by Crippen LogP contribution is 2.30. The van der Waals surface area contributed by atoms with Crippen molar-refractivity contribution < 1.29 is 27.4 Å². The van der Waals surface area contributed by atoms with Gasteiger partial charge in [-0.1, -0.05) is 6.07 Å². The molecule has 1 amide bonds. The number of benzene rings is 1. The van der Waals surface area contributed by atoms with Crippen LogP contribution >= 0.6 is 0 Å². The van der Waals surface area contributed by atoms with Gasteiger partial charge in [-0.15, -0.1) is 0 Å². The van der Waals surface area contributed by atoms with Gasteiger partial charge in [0.15, 0.2) is 18.1 Å². The fourth-order valence-corrected chi connectivity index (χ4v) is 2.90. The lowest BCUT2D eigenvalue weighted by atomic mass is 10.1. The van der Waals surface area contributed by atoms with Crippen LogP contribution in [0.4, 0.5) is 13.2 Å². The van der Waals surface area contributed by atoms with Crippen LogP contribution in [0.25, 0.3) is 5.65 Å². The topological polar surface area (TPSA) is 64.9 Å². The summed E-state index contributed by atoms with van der Waals surface area (Å²) in [4.78, 5) is 16.6. The van der Waals surface area contributed by atoms with Gasteiger partial charge in [0.05, 0.1) is 19.3 Å². The Labute approximate surface area is 171 Å². The summed E-state index contributed by atoms with van der Waals surface area (Å²) >= 11 is 0. The Bertz CT molecular complexity index is 1030. The molecule has 30 heavy (non-hydrogen) atoms. The lowest BCUT2D eigenvalue weighted by Crippen LogP contribution is -2.23. The van der Waals surface area contributed by atoms with Gasteiger partial charge < -0.3 is 19.2 Å². The number of hydrogen-bond acceptors (Lipinski definition) is 4. The Hall–Kier alpha value is -3.23. The number of carbonyl (C=O) groups is 1. The van der Waals surface area contributed by atoms with Crippen LogP contribution in [0.5, 0.6) is 11.5 Å². The number of ether oxygens (including phenoxy) is 2. The number of amides is 1. The van der Waals surface area contributed by atoms with Crippen LogP contribution in [-0.2, 0) is 17.8 Å². The summed E-state index contributed by atoms with van der Waals surface area (Å²) in [6, 6.07) is 8.54. The first kappa shape index (κ1) is 21.5. The third-order valence-electron chi connectivity index (χ3n) is 4.39. The van der Waals surface area contributed by atoms with Crippen LogP contribution in [0.15, 0.2) is 42.7 Å². The Morgan fingerprint density at radius 3 is 2.73 bits per heavy atom. The molecule has 3 rings (SSSR count). The molecule has 0 radical (unpaired) electrons. The quantitative estimate of drug-likeness (QED) is 0.600. The molecule has 0 unspecified atom stereocenters. The van der Waals surface area contributed by atoms with Gasteiger partial charge in [0, 0.05) is 18.8 Å². The fraction of sp³-hybridized carbons (Fsp3) is 0.333. The standard InChI is InChI=1S/C21H22F3N3O3/c1-14-7-8-27-12-16(26-19(27)9-14)11-25-20(28)6-4-15-3-5-17(18(10-15)29-2)30-13-21(22,23)24/h3,5,7-10,12H,4,6,11,13H2,1-2H3,(H,25,28). The maximum Gasteiger partial charge on any atom is 0.422 e. The van der Waals surface area contributed by atoms with E-state index in [0.29, 0.717) is 13.0 Å². The second kappa shape index (κ2) is 9.06. The fourth-order valence-electron chi connectivity index (χ4n) is 2.90. The van der Waals surface area contributed by atoms with Crippen molar-refractivity contribution in [2.45, 2.75) is 32.5 Å². The lowest BCUT2D eigenvalue weighted by Gasteiger charge is -2.13. The van der Waals surface area contributed by atoms with Gasteiger partial charge in [-0.3, -0.25) is 4.79 Å². The maximum absolute atomic E-state index is 12.3. The minimum Gasteiger partial charge on any atom is -0.493 e. The van der Waals surface area contributed by atoms with Crippen LogP contribution in [0, 0.1) is 6.92 Å². The van der Waals surface area contributed by atoms with Crippen LogP contribution in [0.2, 0.25) is 0 Å². The molecular weight excluding hydrogens is 399 g/mol. The third kappa shape index (κ3) is 5.88. The molecule has 6 nitrogen and oxygen atoms in total. The molecule has 0 saturated heterocycles. The monoisotopic (exact) mass is 421 g/mol. The minimum atomic E-state index is -4.43. The molecule has 2 aromatic heterocycles. The van der Waals surface area contributed by atoms with Gasteiger partial charge >= 0.3 is 6.18 Å². The van der Waals surface area contributed by atoms with E-state index in [1.807, 2.05) is 35.9 Å². The number of aryl methyl sites for hydroxylation is 2. The zero-order valence-corrected chi connectivity index (χ0v) is 16.6. The number of hydrogen-bond donors (Lipinski definition) is 1. The summed E-state index contributed by atoms with van der Waals surface area (Å²) in [6.45, 7) is 0.904. The largest absolute Gasteiger partial charge is 0.493 e. The Morgan fingerprint density at radius 1 is 1.20 bits per heavy atom. The molecule has 0 aliphatic heterocycles. The number of alkyl halides is 3. The summed E-state index contributed by atoms with van der Waals surface area (Å²) < 4.78 is 48.7. The van der Waals surface area contributed by atoms with E-state index in [9.17, 15) is 18.0 Å². The van der Waals surface area contributed by atoms with E-state index in [0.717, 1.165) is 22.5 Å². The van der Waals surface area contributed by atoms with Crippen molar-refractivity contribution in [2.75, 3.05) is 13.7 Å². The van der Waals surface area contributed by atoms with E-state index in [1.54, 1.807) is 12.1 Å². The van der Waals surface area contributed by atoms with E-state index < -0.39 is 12.8 Å². The molecule has 0 atom stereocenters. The zero-order valence-electron chi connectivity index (χ0n) is 16.6. The number of methoxy groups -OCH3 is 1. The van der Waals surface area contributed by atoms with Gasteiger partial charge in [-0.25, -0.2) is 4.98 Å². The summed E-state index contributed by atoms with van der Waals surface area (Å²) in [7, 11) is 1.35. The van der Waals surface area contributed by atoms with E-state index >= 15 is 0 Å². The molecule has 9 heteroatoms. The van der Waals surface area contributed by atoms with Crippen LogP contribution in [-0.4, -0.2) is 35.2 Å². The number of nitrogens with one attached hydrogen (secondary N) is 1. The molecule has 160 valence electrons. The molecule has 3 aromatic rings. The van der Waals surface area contributed by atoms with Crippen molar-refractivity contribution in [2.24, 2.45) is 0 Å². The van der Waals surface area contributed by atoms with E-state index in [4.69, 9.17) is 9.47 Å². The molecule has 0 spiro atoms. The highest BCUT2D eigenvalue weighted by molar-refractivity contribution is 5.76. The normalized spacial score (nSPS) is 11.5. The van der Waals surface area contributed by atoms with Crippen molar-refractivity contribution in [3.63, 3.8) is 0 Å². The molecule has 0 saturated carbocycles. The molecule has 0 fully saturated rings. The van der Waals surface area contributed by atoms with Crippen LogP contribution in [0.1, 0.15) is 23.2 Å². The van der Waals surface area contributed by atoms with Crippen molar-refractivity contribution in [3.05, 3.63) is 59.5 Å². The highest BCUT2D eigenvalue weighted by atomic mass is 19.4. The number of fused-ring (bicyclic) bond motifs is 1. The predicted octanol–water partition coefficient (Wildman–Crippen LogP) is 3.84. The number of rotatable bonds is 8. The van der Waals surface area contributed by atoms with E-state index in [2.05, 4.69) is 10.3 Å². The number of nitrogens with zero attached hydrogens (tertiary/aromatic N) is 2. The average Bonchev–Trinajstić information content (AvgIpc) is 3.10. The SMILES string of the molecule is COc1cc(CCC(=O)NCc2cn3ccc(C)cc3n2)ccc1OCC(F)(F)F. The van der Waals surface area contributed by atoms with Gasteiger partial charge in [0.25, 0.3) is 0 Å². The molecule has 0 bridgehead atoms. The van der Waals surface area contributed by atoms with Crippen LogP contribution < -0.4 is 14.8 Å². The predicted molar refractivity (Wildman–Crippen MR) is 105 cm³/mol. The zero-order chi connectivity index (χ0) is 21.7. The molecule has 0 aliphatic carbocycles. The Balaban J connectivity index is 1.52. The minimum absolute atomic E-state index is 0.00473. The van der Waals surface area contributed by atoms with Crippen molar-refractivity contribution in [3.8, 4) is 11.5 Å². The number of carbonyl (C=O) groups excluding carboxylic acids is 1. The lowest BCUT2D eigenvalue weighted by molar-refractivity contribution is -0.153. The van der Waals surface area contributed by atoms with E-state index in [1.165, 1.54) is 13.2 Å². The maximum atomic E-state index is 12.3. The average molecular weight is 421 g/mol. The molecule has 0 aliphatic rings. The summed E-state index contributed by atoms with van der Waals surface area (Å²) in [5, 5.41) is 2.83. The highest BCUT2D eigenvalue weighted by Gasteiger charge is 2.29. The molecule has 1 N–H and O–H groups in total. The number of aromatic nitrogens is 2. The molecule has 1 aromatic carbocycles. The Kier molecular flexibility index (Phi) is 6.49. The second-order valence-corrected chi connectivity index (χ2v) is 6.87. The third-order valence-corrected chi connectivity index (χ3v) is 4.39. The van der Waals surface area contributed by atoms with Crippen molar-refractivity contribution >= 4 is 11.6 Å². The van der Waals surface area contributed by atoms with Crippen LogP contribution in [0.3, 0.4) is 0 Å². The van der Waals surface area contributed by atoms with Crippen molar-refractivity contribution in [1.29, 1.82) is 0 Å². The first-order valence-electron chi connectivity index (χ1n) is 9.31. The van der Waals surface area contributed by atoms with Gasteiger partial charge in [0.2, 0.25) is 5.91 Å². The van der Waals surface area contributed by atoms with Gasteiger partial charge in [-0.2, -0.15) is 13.2 Å². The number of imidazole rings is 1. The van der Waals surface area contributed by atoms with Gasteiger partial charge in [-0.05, 0) is 48.7 Å².